The zero-order valence-corrected chi connectivity index (χ0v) is 36.6. The van der Waals surface area contributed by atoms with Crippen molar-refractivity contribution in [2.24, 2.45) is 0 Å². The number of nitrogens with one attached hydrogen (secondary N) is 1. The van der Waals surface area contributed by atoms with Crippen molar-refractivity contribution in [1.82, 2.24) is 5.32 Å². The standard InChI is InChI=1S/C48H89NO8/c1-3-5-7-9-11-13-15-16-17-18-19-20-21-22-23-24-25-26-27-28-29-31-33-35-37-42(51)41(40-56-48-47(55)46(54)45(53)43(39-50)57-48)49-44(52)38-36-34-32-30-14-12-10-8-6-4-2/h10,12,28-29,35,37,41-43,45-48,50-51,53-55H,3-9,11,13-27,30-34,36,38-40H2,1-2H3,(H,49,52)/b12-10-,29-28+,37-35+. The van der Waals surface area contributed by atoms with Gasteiger partial charge in [0.1, 0.15) is 24.4 Å². The van der Waals surface area contributed by atoms with Gasteiger partial charge in [-0.25, -0.2) is 0 Å². The first-order chi connectivity index (χ1) is 27.8. The van der Waals surface area contributed by atoms with E-state index in [0.29, 0.717) is 6.42 Å². The number of aliphatic hydroxyl groups is 5. The summed E-state index contributed by atoms with van der Waals surface area (Å²) in [5, 5.41) is 54.1. The largest absolute Gasteiger partial charge is 0.394 e. The molecule has 1 saturated heterocycles. The Bertz CT molecular complexity index is 987. The quantitative estimate of drug-likeness (QED) is 0.0266. The Kier molecular flexibility index (Phi) is 36.2. The molecule has 0 aromatic rings. The van der Waals surface area contributed by atoms with E-state index in [4.69, 9.17) is 9.47 Å². The lowest BCUT2D eigenvalue weighted by Gasteiger charge is -2.40. The molecule has 1 aliphatic rings. The lowest BCUT2D eigenvalue weighted by Crippen LogP contribution is -2.60. The zero-order chi connectivity index (χ0) is 41.6. The number of aliphatic hydroxyl groups excluding tert-OH is 5. The average molecular weight is 808 g/mol. The first-order valence-corrected chi connectivity index (χ1v) is 23.7. The van der Waals surface area contributed by atoms with E-state index in [1.807, 2.05) is 6.08 Å². The molecule has 1 fully saturated rings. The molecule has 0 spiro atoms. The SMILES string of the molecule is CCCC/C=C\CCCCCCC(=O)NC(COC1OC(CO)C(O)C(O)C1O)C(O)/C=C/CC/C=C/CCCCCCCCCCCCCCCCCCCC. The van der Waals surface area contributed by atoms with Crippen molar-refractivity contribution in [3.63, 3.8) is 0 Å². The second-order valence-corrected chi connectivity index (χ2v) is 16.5. The Labute approximate surface area is 349 Å². The van der Waals surface area contributed by atoms with Crippen LogP contribution in [0.3, 0.4) is 0 Å². The molecule has 1 amide bonds. The van der Waals surface area contributed by atoms with E-state index in [9.17, 15) is 30.3 Å². The van der Waals surface area contributed by atoms with E-state index in [1.54, 1.807) is 6.08 Å². The van der Waals surface area contributed by atoms with Crippen LogP contribution in [0.25, 0.3) is 0 Å². The van der Waals surface area contributed by atoms with Gasteiger partial charge in [0.2, 0.25) is 5.91 Å². The molecule has 0 aromatic carbocycles. The maximum absolute atomic E-state index is 12.9. The Hall–Kier alpha value is -1.59. The number of hydrogen-bond donors (Lipinski definition) is 6. The third kappa shape index (κ3) is 29.3. The summed E-state index contributed by atoms with van der Waals surface area (Å²) in [5.74, 6) is -0.202. The van der Waals surface area contributed by atoms with Crippen molar-refractivity contribution in [1.29, 1.82) is 0 Å². The molecule has 0 saturated carbocycles. The maximum Gasteiger partial charge on any atom is 0.220 e. The van der Waals surface area contributed by atoms with Gasteiger partial charge < -0.3 is 40.3 Å². The number of allylic oxidation sites excluding steroid dienone is 5. The van der Waals surface area contributed by atoms with Crippen molar-refractivity contribution < 1.29 is 39.8 Å². The van der Waals surface area contributed by atoms with E-state index in [0.717, 1.165) is 57.8 Å². The zero-order valence-electron chi connectivity index (χ0n) is 36.6. The highest BCUT2D eigenvalue weighted by molar-refractivity contribution is 5.76. The Morgan fingerprint density at radius 3 is 1.53 bits per heavy atom. The summed E-state index contributed by atoms with van der Waals surface area (Å²) in [6.07, 6.45) is 40.7. The first-order valence-electron chi connectivity index (χ1n) is 23.7. The number of ether oxygens (including phenoxy) is 2. The lowest BCUT2D eigenvalue weighted by molar-refractivity contribution is -0.302. The molecule has 0 aromatic heterocycles. The molecule has 1 aliphatic heterocycles. The minimum Gasteiger partial charge on any atom is -0.394 e. The summed E-state index contributed by atoms with van der Waals surface area (Å²) in [5.41, 5.74) is 0. The van der Waals surface area contributed by atoms with Gasteiger partial charge in [-0.1, -0.05) is 185 Å². The highest BCUT2D eigenvalue weighted by Gasteiger charge is 2.44. The Morgan fingerprint density at radius 1 is 0.579 bits per heavy atom. The number of hydrogen-bond acceptors (Lipinski definition) is 8. The number of rotatable bonds is 39. The first kappa shape index (κ1) is 53.4. The highest BCUT2D eigenvalue weighted by Crippen LogP contribution is 2.22. The fourth-order valence-electron chi connectivity index (χ4n) is 7.33. The van der Waals surface area contributed by atoms with Crippen molar-refractivity contribution in [3.8, 4) is 0 Å². The number of carbonyl (C=O) groups is 1. The van der Waals surface area contributed by atoms with Crippen LogP contribution in [0.1, 0.15) is 206 Å². The minimum atomic E-state index is -1.57. The van der Waals surface area contributed by atoms with E-state index >= 15 is 0 Å². The monoisotopic (exact) mass is 808 g/mol. The molecular weight excluding hydrogens is 719 g/mol. The van der Waals surface area contributed by atoms with Crippen LogP contribution in [0.4, 0.5) is 0 Å². The van der Waals surface area contributed by atoms with Crippen molar-refractivity contribution in [2.45, 2.75) is 249 Å². The third-order valence-electron chi connectivity index (χ3n) is 11.2. The predicted octanol–water partition coefficient (Wildman–Crippen LogP) is 10.1. The molecule has 6 N–H and O–H groups in total. The minimum absolute atomic E-state index is 0.202. The lowest BCUT2D eigenvalue weighted by atomic mass is 9.99. The average Bonchev–Trinajstić information content (AvgIpc) is 3.21. The summed E-state index contributed by atoms with van der Waals surface area (Å²) >= 11 is 0. The fourth-order valence-corrected chi connectivity index (χ4v) is 7.33. The maximum atomic E-state index is 12.9. The van der Waals surface area contributed by atoms with Crippen LogP contribution < -0.4 is 5.32 Å². The highest BCUT2D eigenvalue weighted by atomic mass is 16.7. The summed E-state index contributed by atoms with van der Waals surface area (Å²) < 4.78 is 11.2. The van der Waals surface area contributed by atoms with Gasteiger partial charge in [0.25, 0.3) is 0 Å². The number of unbranched alkanes of at least 4 members (excludes halogenated alkanes) is 25. The predicted molar refractivity (Wildman–Crippen MR) is 235 cm³/mol. The van der Waals surface area contributed by atoms with Crippen LogP contribution in [0.5, 0.6) is 0 Å². The molecule has 334 valence electrons. The fraction of sp³-hybridized carbons (Fsp3) is 0.854. The Morgan fingerprint density at radius 2 is 1.02 bits per heavy atom. The topological polar surface area (TPSA) is 149 Å². The molecule has 1 rings (SSSR count). The molecule has 9 heteroatoms. The van der Waals surface area contributed by atoms with E-state index in [-0.39, 0.29) is 12.5 Å². The van der Waals surface area contributed by atoms with Gasteiger partial charge in [-0.15, -0.1) is 0 Å². The normalized spacial score (nSPS) is 21.3. The number of amides is 1. The van der Waals surface area contributed by atoms with Crippen molar-refractivity contribution in [2.75, 3.05) is 13.2 Å². The van der Waals surface area contributed by atoms with Gasteiger partial charge in [0, 0.05) is 6.42 Å². The van der Waals surface area contributed by atoms with Crippen LogP contribution in [0, 0.1) is 0 Å². The smallest absolute Gasteiger partial charge is 0.220 e. The number of carbonyl (C=O) groups excluding carboxylic acids is 1. The molecular formula is C48H89NO8. The van der Waals surface area contributed by atoms with Crippen molar-refractivity contribution in [3.05, 3.63) is 36.5 Å². The van der Waals surface area contributed by atoms with Crippen LogP contribution in [0.15, 0.2) is 36.5 Å². The van der Waals surface area contributed by atoms with E-state index < -0.39 is 49.5 Å². The summed E-state index contributed by atoms with van der Waals surface area (Å²) in [6, 6.07) is -0.825. The summed E-state index contributed by atoms with van der Waals surface area (Å²) in [4.78, 5) is 12.9. The second-order valence-electron chi connectivity index (χ2n) is 16.5. The van der Waals surface area contributed by atoms with Crippen LogP contribution in [0.2, 0.25) is 0 Å². The third-order valence-corrected chi connectivity index (χ3v) is 11.2. The molecule has 1 heterocycles. The summed E-state index contributed by atoms with van der Waals surface area (Å²) in [6.45, 7) is 3.70. The molecule has 57 heavy (non-hydrogen) atoms. The van der Waals surface area contributed by atoms with E-state index in [1.165, 1.54) is 128 Å². The van der Waals surface area contributed by atoms with Gasteiger partial charge in [-0.2, -0.15) is 0 Å². The molecule has 0 bridgehead atoms. The molecule has 0 radical (unpaired) electrons. The van der Waals surface area contributed by atoms with Crippen LogP contribution in [-0.2, 0) is 14.3 Å². The summed E-state index contributed by atoms with van der Waals surface area (Å²) in [7, 11) is 0. The van der Waals surface area contributed by atoms with Crippen LogP contribution in [-0.4, -0.2) is 87.5 Å². The Balaban J connectivity index is 2.29. The van der Waals surface area contributed by atoms with Gasteiger partial charge in [-0.05, 0) is 51.4 Å². The molecule has 9 nitrogen and oxygen atoms in total. The van der Waals surface area contributed by atoms with Gasteiger partial charge >= 0.3 is 0 Å². The van der Waals surface area contributed by atoms with E-state index in [2.05, 4.69) is 43.5 Å². The second kappa shape index (κ2) is 38.6. The molecule has 7 atom stereocenters. The molecule has 0 aliphatic carbocycles. The van der Waals surface area contributed by atoms with Gasteiger partial charge in [-0.3, -0.25) is 4.79 Å². The van der Waals surface area contributed by atoms with Crippen LogP contribution >= 0.6 is 0 Å². The molecule has 7 unspecified atom stereocenters. The van der Waals surface area contributed by atoms with Crippen molar-refractivity contribution >= 4 is 5.91 Å². The van der Waals surface area contributed by atoms with Gasteiger partial charge in [0.05, 0.1) is 25.4 Å². The van der Waals surface area contributed by atoms with Gasteiger partial charge in [0.15, 0.2) is 6.29 Å².